The summed E-state index contributed by atoms with van der Waals surface area (Å²) >= 11 is 11.8. The lowest BCUT2D eigenvalue weighted by molar-refractivity contribution is 0.0955. The molecule has 0 radical (unpaired) electrons. The molecule has 0 saturated carbocycles. The minimum Gasteiger partial charge on any atom is -0.497 e. The van der Waals surface area contributed by atoms with Gasteiger partial charge in [-0.05, 0) is 66.2 Å². The van der Waals surface area contributed by atoms with Crippen molar-refractivity contribution in [3.63, 3.8) is 0 Å². The number of ether oxygens (including phenoxy) is 2. The summed E-state index contributed by atoms with van der Waals surface area (Å²) in [7, 11) is -1.24. The highest BCUT2D eigenvalue weighted by Crippen LogP contribution is 2.31. The summed E-state index contributed by atoms with van der Waals surface area (Å²) in [6.45, 7) is 0. The second kappa shape index (κ2) is 10.6. The predicted octanol–water partition coefficient (Wildman–Crippen LogP) is 4.54. The number of nitrogens with one attached hydrogen (secondary N) is 1. The van der Waals surface area contributed by atoms with Crippen molar-refractivity contribution < 1.29 is 26.9 Å². The molecule has 0 atom stereocenters. The zero-order chi connectivity index (χ0) is 24.0. The number of hydrogen-bond acceptors (Lipinski definition) is 7. The topological polar surface area (TPSA) is 103 Å². The summed E-state index contributed by atoms with van der Waals surface area (Å²) in [6, 6.07) is 14.7. The summed E-state index contributed by atoms with van der Waals surface area (Å²) < 4.78 is 40.6. The van der Waals surface area contributed by atoms with Crippen molar-refractivity contribution in [2.45, 2.75) is 4.90 Å². The van der Waals surface area contributed by atoms with Gasteiger partial charge in [-0.25, -0.2) is 5.43 Å². The van der Waals surface area contributed by atoms with E-state index in [2.05, 4.69) is 10.5 Å². The summed E-state index contributed by atoms with van der Waals surface area (Å²) in [5, 5.41) is 4.47. The van der Waals surface area contributed by atoms with Gasteiger partial charge in [0, 0.05) is 5.56 Å². The lowest BCUT2D eigenvalue weighted by Gasteiger charge is -2.11. The van der Waals surface area contributed by atoms with Crippen molar-refractivity contribution in [3.8, 4) is 17.2 Å². The molecule has 0 spiro atoms. The van der Waals surface area contributed by atoms with E-state index in [4.69, 9.17) is 36.9 Å². The molecule has 0 saturated heterocycles. The highest BCUT2D eigenvalue weighted by atomic mass is 35.5. The lowest BCUT2D eigenvalue weighted by Crippen LogP contribution is -2.17. The van der Waals surface area contributed by atoms with Crippen LogP contribution in [0.4, 0.5) is 0 Å². The Hall–Kier alpha value is -3.27. The van der Waals surface area contributed by atoms with Crippen molar-refractivity contribution >= 4 is 45.4 Å². The number of methoxy groups -OCH3 is 2. The quantitative estimate of drug-likeness (QED) is 0.272. The first-order valence-electron chi connectivity index (χ1n) is 9.28. The summed E-state index contributed by atoms with van der Waals surface area (Å²) in [5.41, 5.74) is 3.17. The number of halogens is 2. The van der Waals surface area contributed by atoms with Gasteiger partial charge >= 0.3 is 10.1 Å². The number of nitrogens with zero attached hydrogens (tertiary/aromatic N) is 1. The van der Waals surface area contributed by atoms with Crippen LogP contribution >= 0.6 is 23.2 Å². The minimum atomic E-state index is -4.10. The van der Waals surface area contributed by atoms with E-state index in [-0.39, 0.29) is 27.0 Å². The Morgan fingerprint density at radius 2 is 1.64 bits per heavy atom. The molecule has 0 aliphatic rings. The fourth-order valence-electron chi connectivity index (χ4n) is 2.61. The average Bonchev–Trinajstić information content (AvgIpc) is 2.81. The third-order valence-corrected chi connectivity index (χ3v) is 6.28. The van der Waals surface area contributed by atoms with Gasteiger partial charge in [0.05, 0.1) is 30.5 Å². The minimum absolute atomic E-state index is 0.00897. The lowest BCUT2D eigenvalue weighted by atomic mass is 10.2. The molecule has 0 unspecified atom stereocenters. The van der Waals surface area contributed by atoms with Gasteiger partial charge in [-0.3, -0.25) is 4.79 Å². The normalized spacial score (nSPS) is 11.3. The van der Waals surface area contributed by atoms with Crippen LogP contribution in [-0.2, 0) is 10.1 Å². The molecule has 172 valence electrons. The highest BCUT2D eigenvalue weighted by Gasteiger charge is 2.19. The van der Waals surface area contributed by atoms with Gasteiger partial charge < -0.3 is 13.7 Å². The zero-order valence-electron chi connectivity index (χ0n) is 17.4. The number of carbonyl (C=O) groups excluding carboxylic acids is 1. The van der Waals surface area contributed by atoms with E-state index in [0.717, 1.165) is 0 Å². The van der Waals surface area contributed by atoms with Crippen molar-refractivity contribution in [1.82, 2.24) is 5.43 Å². The van der Waals surface area contributed by atoms with Gasteiger partial charge in [0.25, 0.3) is 5.91 Å². The molecule has 1 amide bonds. The SMILES string of the molecule is COc1ccc(S(=O)(=O)Oc2ccc(/C=N\NC(=O)c3ccc(Cl)c(Cl)c3)cc2OC)cc1. The van der Waals surface area contributed by atoms with Crippen molar-refractivity contribution in [2.24, 2.45) is 5.10 Å². The largest absolute Gasteiger partial charge is 0.497 e. The van der Waals surface area contributed by atoms with Gasteiger partial charge in [0.1, 0.15) is 10.6 Å². The van der Waals surface area contributed by atoms with Gasteiger partial charge in [0.2, 0.25) is 0 Å². The third kappa shape index (κ3) is 6.16. The Morgan fingerprint density at radius 1 is 0.909 bits per heavy atom. The van der Waals surface area contributed by atoms with Crippen LogP contribution in [0.15, 0.2) is 70.7 Å². The number of hydrogen-bond donors (Lipinski definition) is 1. The first kappa shape index (κ1) is 24.4. The van der Waals surface area contributed by atoms with Gasteiger partial charge in [-0.1, -0.05) is 23.2 Å². The first-order chi connectivity index (χ1) is 15.7. The van der Waals surface area contributed by atoms with E-state index in [1.165, 1.54) is 75.0 Å². The first-order valence-corrected chi connectivity index (χ1v) is 11.4. The molecule has 3 rings (SSSR count). The van der Waals surface area contributed by atoms with Crippen LogP contribution in [0.1, 0.15) is 15.9 Å². The summed E-state index contributed by atoms with van der Waals surface area (Å²) in [6.07, 6.45) is 1.36. The van der Waals surface area contributed by atoms with E-state index >= 15 is 0 Å². The molecule has 0 aliphatic heterocycles. The second-order valence-corrected chi connectivity index (χ2v) is 8.81. The fourth-order valence-corrected chi connectivity index (χ4v) is 3.85. The molecular weight excluding hydrogens is 491 g/mol. The zero-order valence-corrected chi connectivity index (χ0v) is 19.7. The Morgan fingerprint density at radius 3 is 2.27 bits per heavy atom. The number of benzene rings is 3. The Balaban J connectivity index is 1.72. The van der Waals surface area contributed by atoms with Crippen LogP contribution in [-0.4, -0.2) is 34.8 Å². The highest BCUT2D eigenvalue weighted by molar-refractivity contribution is 7.87. The molecule has 0 heterocycles. The monoisotopic (exact) mass is 508 g/mol. The molecule has 8 nitrogen and oxygen atoms in total. The molecule has 33 heavy (non-hydrogen) atoms. The van der Waals surface area contributed by atoms with Crippen LogP contribution in [0.3, 0.4) is 0 Å². The molecule has 3 aromatic rings. The van der Waals surface area contributed by atoms with E-state index in [9.17, 15) is 13.2 Å². The Kier molecular flexibility index (Phi) is 7.80. The maximum Gasteiger partial charge on any atom is 0.339 e. The van der Waals surface area contributed by atoms with Gasteiger partial charge in [-0.15, -0.1) is 0 Å². The standard InChI is InChI=1S/C22H18Cl2N2O6S/c1-30-16-5-7-17(8-6-16)33(28,29)32-20-10-3-14(11-21(20)31-2)13-25-26-22(27)15-4-9-18(23)19(24)12-15/h3-13H,1-2H3,(H,26,27)/b25-13-. The van der Waals surface area contributed by atoms with Crippen molar-refractivity contribution in [2.75, 3.05) is 14.2 Å². The molecule has 11 heteroatoms. The summed E-state index contributed by atoms with van der Waals surface area (Å²) in [5.74, 6) is 0.181. The van der Waals surface area contributed by atoms with Crippen LogP contribution in [0.5, 0.6) is 17.2 Å². The molecule has 0 fully saturated rings. The Labute approximate surface area is 200 Å². The smallest absolute Gasteiger partial charge is 0.339 e. The van der Waals surface area contributed by atoms with Gasteiger partial charge in [0.15, 0.2) is 11.5 Å². The summed E-state index contributed by atoms with van der Waals surface area (Å²) in [4.78, 5) is 12.1. The Bertz CT molecular complexity index is 1290. The average molecular weight is 509 g/mol. The molecule has 0 aliphatic carbocycles. The molecule has 0 aromatic heterocycles. The number of carbonyl (C=O) groups is 1. The van der Waals surface area contributed by atoms with Gasteiger partial charge in [-0.2, -0.15) is 13.5 Å². The number of amides is 1. The maximum absolute atomic E-state index is 12.6. The van der Waals surface area contributed by atoms with E-state index < -0.39 is 16.0 Å². The second-order valence-electron chi connectivity index (χ2n) is 6.45. The maximum atomic E-state index is 12.6. The molecule has 3 aromatic carbocycles. The fraction of sp³-hybridized carbons (Fsp3) is 0.0909. The third-order valence-electron chi connectivity index (χ3n) is 4.30. The molecular formula is C22H18Cl2N2O6S. The van der Waals surface area contributed by atoms with Crippen LogP contribution < -0.4 is 19.1 Å². The number of hydrazone groups is 1. The van der Waals surface area contributed by atoms with E-state index in [0.29, 0.717) is 16.3 Å². The predicted molar refractivity (Wildman–Crippen MR) is 125 cm³/mol. The molecule has 1 N–H and O–H groups in total. The van der Waals surface area contributed by atoms with Crippen LogP contribution in [0, 0.1) is 0 Å². The van der Waals surface area contributed by atoms with Crippen molar-refractivity contribution in [3.05, 3.63) is 81.8 Å². The van der Waals surface area contributed by atoms with Crippen molar-refractivity contribution in [1.29, 1.82) is 0 Å². The number of rotatable bonds is 8. The van der Waals surface area contributed by atoms with E-state index in [1.807, 2.05) is 0 Å². The molecule has 0 bridgehead atoms. The van der Waals surface area contributed by atoms with Crippen LogP contribution in [0.2, 0.25) is 10.0 Å². The van der Waals surface area contributed by atoms with Crippen LogP contribution in [0.25, 0.3) is 0 Å². The van der Waals surface area contributed by atoms with E-state index in [1.54, 1.807) is 6.07 Å².